The molecule has 96 valence electrons. The Kier molecular flexibility index (Phi) is 3.50. The van der Waals surface area contributed by atoms with Crippen LogP contribution in [0.15, 0.2) is 34.3 Å². The molecule has 1 atom stereocenters. The van der Waals surface area contributed by atoms with Gasteiger partial charge in [-0.25, -0.2) is 4.79 Å². The average Bonchev–Trinajstić information content (AvgIpc) is 2.81. The Labute approximate surface area is 105 Å². The van der Waals surface area contributed by atoms with Gasteiger partial charge in [0.15, 0.2) is 0 Å². The van der Waals surface area contributed by atoms with Crippen molar-refractivity contribution in [3.63, 3.8) is 0 Å². The normalized spacial score (nSPS) is 19.7. The van der Waals surface area contributed by atoms with Gasteiger partial charge in [-0.15, -0.1) is 0 Å². The summed E-state index contributed by atoms with van der Waals surface area (Å²) in [5.74, 6) is -0.788. The van der Waals surface area contributed by atoms with Crippen LogP contribution in [0, 0.1) is 0 Å². The third-order valence-corrected chi connectivity index (χ3v) is 2.91. The zero-order chi connectivity index (χ0) is 13.1. The highest BCUT2D eigenvalue weighted by Crippen LogP contribution is 2.33. The lowest BCUT2D eigenvalue weighted by atomic mass is 9.86. The molecule has 0 saturated heterocycles. The second-order valence-electron chi connectivity index (χ2n) is 4.12. The van der Waals surface area contributed by atoms with Gasteiger partial charge in [0.25, 0.3) is 0 Å². The Hall–Kier alpha value is -2.04. The molecule has 0 radical (unpaired) electrons. The number of ether oxygens (including phenoxy) is 1. The molecule has 0 fully saturated rings. The summed E-state index contributed by atoms with van der Waals surface area (Å²) in [7, 11) is 0. The molecular formula is C13H15NO4. The van der Waals surface area contributed by atoms with Crippen molar-refractivity contribution in [2.24, 2.45) is 0 Å². The number of allylic oxidation sites excluding steroid dienone is 1. The molecule has 18 heavy (non-hydrogen) atoms. The summed E-state index contributed by atoms with van der Waals surface area (Å²) in [6.07, 6.45) is 3.31. The monoisotopic (exact) mass is 249 g/mol. The van der Waals surface area contributed by atoms with Crippen molar-refractivity contribution in [3.05, 3.63) is 35.4 Å². The minimum absolute atomic E-state index is 0.105. The van der Waals surface area contributed by atoms with E-state index in [4.69, 9.17) is 9.15 Å². The Balaban J connectivity index is 2.38. The van der Waals surface area contributed by atoms with Gasteiger partial charge in [0, 0.05) is 18.0 Å². The van der Waals surface area contributed by atoms with Crippen LogP contribution in [-0.2, 0) is 14.3 Å². The minimum Gasteiger partial charge on any atom is -0.472 e. The Bertz CT molecular complexity index is 487. The van der Waals surface area contributed by atoms with Gasteiger partial charge < -0.3 is 14.5 Å². The van der Waals surface area contributed by atoms with Crippen molar-refractivity contribution in [2.45, 2.75) is 26.2 Å². The number of carbonyl (C=O) groups is 2. The molecule has 1 unspecified atom stereocenters. The van der Waals surface area contributed by atoms with Crippen LogP contribution in [0.5, 0.6) is 0 Å². The molecule has 0 spiro atoms. The number of carbonyl (C=O) groups excluding carboxylic acids is 2. The van der Waals surface area contributed by atoms with Crippen LogP contribution in [-0.4, -0.2) is 18.5 Å². The maximum atomic E-state index is 12.0. The van der Waals surface area contributed by atoms with E-state index in [0.29, 0.717) is 17.9 Å². The first-order valence-corrected chi connectivity index (χ1v) is 5.83. The van der Waals surface area contributed by atoms with E-state index in [1.807, 2.05) is 0 Å². The molecule has 5 nitrogen and oxygen atoms in total. The molecule has 1 aromatic rings. The lowest BCUT2D eigenvalue weighted by Crippen LogP contribution is -2.34. The van der Waals surface area contributed by atoms with E-state index in [1.54, 1.807) is 26.2 Å². The number of furan rings is 1. The summed E-state index contributed by atoms with van der Waals surface area (Å²) in [5, 5.41) is 2.67. The number of rotatable bonds is 3. The van der Waals surface area contributed by atoms with E-state index in [2.05, 4.69) is 5.32 Å². The zero-order valence-electron chi connectivity index (χ0n) is 10.4. The molecule has 0 aromatic carbocycles. The van der Waals surface area contributed by atoms with Crippen molar-refractivity contribution in [2.75, 3.05) is 6.61 Å². The van der Waals surface area contributed by atoms with E-state index in [-0.39, 0.29) is 24.2 Å². The Morgan fingerprint density at radius 1 is 1.61 bits per heavy atom. The predicted molar refractivity (Wildman–Crippen MR) is 63.5 cm³/mol. The van der Waals surface area contributed by atoms with Crippen molar-refractivity contribution >= 4 is 11.9 Å². The zero-order valence-corrected chi connectivity index (χ0v) is 10.4. The molecule has 1 aliphatic rings. The van der Waals surface area contributed by atoms with Gasteiger partial charge >= 0.3 is 5.97 Å². The third kappa shape index (κ3) is 2.30. The van der Waals surface area contributed by atoms with Crippen molar-refractivity contribution in [3.8, 4) is 0 Å². The quantitative estimate of drug-likeness (QED) is 0.828. The smallest absolute Gasteiger partial charge is 0.336 e. The minimum atomic E-state index is -0.388. The highest BCUT2D eigenvalue weighted by Gasteiger charge is 2.33. The van der Waals surface area contributed by atoms with E-state index in [9.17, 15) is 9.59 Å². The topological polar surface area (TPSA) is 68.5 Å². The number of hydrogen-bond acceptors (Lipinski definition) is 4. The van der Waals surface area contributed by atoms with Crippen LogP contribution in [0.4, 0.5) is 0 Å². The van der Waals surface area contributed by atoms with Crippen LogP contribution in [0.25, 0.3) is 0 Å². The predicted octanol–water partition coefficient (Wildman–Crippen LogP) is 1.72. The molecule has 0 aliphatic carbocycles. The van der Waals surface area contributed by atoms with Gasteiger partial charge in [0.2, 0.25) is 5.91 Å². The number of nitrogens with one attached hydrogen (secondary N) is 1. The summed E-state index contributed by atoms with van der Waals surface area (Å²) in [5.41, 5.74) is 1.86. The second kappa shape index (κ2) is 5.08. The maximum Gasteiger partial charge on any atom is 0.336 e. The third-order valence-electron chi connectivity index (χ3n) is 2.91. The fourth-order valence-electron chi connectivity index (χ4n) is 2.14. The first kappa shape index (κ1) is 12.4. The van der Waals surface area contributed by atoms with E-state index in [1.165, 1.54) is 6.26 Å². The van der Waals surface area contributed by atoms with Crippen LogP contribution >= 0.6 is 0 Å². The molecule has 1 aromatic heterocycles. The Morgan fingerprint density at radius 3 is 3.00 bits per heavy atom. The van der Waals surface area contributed by atoms with E-state index in [0.717, 1.165) is 5.56 Å². The van der Waals surface area contributed by atoms with Gasteiger partial charge in [0.05, 0.1) is 24.7 Å². The Morgan fingerprint density at radius 2 is 2.39 bits per heavy atom. The van der Waals surface area contributed by atoms with Crippen molar-refractivity contribution < 1.29 is 18.7 Å². The molecule has 2 heterocycles. The molecular weight excluding hydrogens is 234 g/mol. The highest BCUT2D eigenvalue weighted by molar-refractivity contribution is 5.95. The standard InChI is InChI=1S/C13H15NO4/c1-3-18-13(16)12-8(2)14-11(15)6-10(12)9-4-5-17-7-9/h4-5,7,10H,3,6H2,1-2H3,(H,14,15). The van der Waals surface area contributed by atoms with E-state index < -0.39 is 0 Å². The highest BCUT2D eigenvalue weighted by atomic mass is 16.5. The van der Waals surface area contributed by atoms with Gasteiger partial charge in [-0.2, -0.15) is 0 Å². The van der Waals surface area contributed by atoms with Gasteiger partial charge in [-0.3, -0.25) is 4.79 Å². The molecule has 0 bridgehead atoms. The summed E-state index contributed by atoms with van der Waals surface area (Å²) in [6, 6.07) is 1.76. The molecule has 5 heteroatoms. The summed E-state index contributed by atoms with van der Waals surface area (Å²) >= 11 is 0. The van der Waals surface area contributed by atoms with Crippen molar-refractivity contribution in [1.29, 1.82) is 0 Å². The lowest BCUT2D eigenvalue weighted by Gasteiger charge is -2.25. The fourth-order valence-corrected chi connectivity index (χ4v) is 2.14. The molecule has 2 rings (SSSR count). The maximum absolute atomic E-state index is 12.0. The largest absolute Gasteiger partial charge is 0.472 e. The number of hydrogen-bond donors (Lipinski definition) is 1. The lowest BCUT2D eigenvalue weighted by molar-refractivity contribution is -0.139. The SMILES string of the molecule is CCOC(=O)C1=C(C)NC(=O)CC1c1ccoc1. The number of esters is 1. The first-order valence-electron chi connectivity index (χ1n) is 5.83. The summed E-state index contributed by atoms with van der Waals surface area (Å²) in [6.45, 7) is 3.76. The number of amides is 1. The molecule has 1 N–H and O–H groups in total. The molecule has 1 aliphatic heterocycles. The van der Waals surface area contributed by atoms with Gasteiger partial charge in [-0.1, -0.05) is 0 Å². The van der Waals surface area contributed by atoms with Gasteiger partial charge in [-0.05, 0) is 25.5 Å². The van der Waals surface area contributed by atoms with Crippen LogP contribution in [0.3, 0.4) is 0 Å². The van der Waals surface area contributed by atoms with Crippen LogP contribution in [0.1, 0.15) is 31.7 Å². The first-order chi connectivity index (χ1) is 8.63. The molecule has 1 amide bonds. The fraction of sp³-hybridized carbons (Fsp3) is 0.385. The second-order valence-corrected chi connectivity index (χ2v) is 4.12. The van der Waals surface area contributed by atoms with Crippen LogP contribution < -0.4 is 5.32 Å². The van der Waals surface area contributed by atoms with Crippen LogP contribution in [0.2, 0.25) is 0 Å². The molecule has 0 saturated carbocycles. The van der Waals surface area contributed by atoms with Crippen molar-refractivity contribution in [1.82, 2.24) is 5.32 Å². The average molecular weight is 249 g/mol. The van der Waals surface area contributed by atoms with Gasteiger partial charge in [0.1, 0.15) is 0 Å². The van der Waals surface area contributed by atoms with E-state index >= 15 is 0 Å². The summed E-state index contributed by atoms with van der Waals surface area (Å²) in [4.78, 5) is 23.5. The summed E-state index contributed by atoms with van der Waals surface area (Å²) < 4.78 is 10.1.